The summed E-state index contributed by atoms with van der Waals surface area (Å²) < 4.78 is 7.02. The number of benzene rings is 2. The van der Waals surface area contributed by atoms with Gasteiger partial charge in [0.2, 0.25) is 0 Å². The van der Waals surface area contributed by atoms with E-state index < -0.39 is 0 Å². The maximum atomic E-state index is 7.02. The van der Waals surface area contributed by atoms with Crippen LogP contribution in [-0.2, 0) is 25.7 Å². The maximum absolute atomic E-state index is 7.02. The Bertz CT molecular complexity index is 1500. The van der Waals surface area contributed by atoms with Crippen molar-refractivity contribution in [1.82, 2.24) is 0 Å². The minimum Gasteiger partial charge on any atom is -0.457 e. The molecule has 1 nitrogen and oxygen atoms in total. The molecule has 0 heterocycles. The van der Waals surface area contributed by atoms with Gasteiger partial charge in [-0.15, -0.1) is 0 Å². The number of hydrogen-bond acceptors (Lipinski definition) is 1. The molecule has 2 fully saturated rings. The first-order valence-corrected chi connectivity index (χ1v) is 18.5. The van der Waals surface area contributed by atoms with E-state index >= 15 is 0 Å². The van der Waals surface area contributed by atoms with Crippen molar-refractivity contribution in [1.29, 1.82) is 0 Å². The van der Waals surface area contributed by atoms with Gasteiger partial charge in [0.25, 0.3) is 0 Å². The van der Waals surface area contributed by atoms with Crippen molar-refractivity contribution in [2.24, 2.45) is 34.5 Å². The standard InChI is InChI=1S/C44H54O/c1-7-27-23-37-29(11-15-35-33(37)19-21-43(5)31(9-3)13-17-39(35)43)25-41(27)45-42-26-30-12-16-36-34(38(30)24-28(42)8-2)20-22-44(6)32(10-4)14-18-40(36)44/h9-10,13-14,23-26,33-36,39-40H,3-4,7-8,11-12,15-22H2,1-2,5-6H3. The lowest BCUT2D eigenvalue weighted by Gasteiger charge is -2.50. The summed E-state index contributed by atoms with van der Waals surface area (Å²) >= 11 is 0. The SMILES string of the molecule is C=CC1=CCC2C3CCc4cc(Oc5cc6c(cc5CC)C5CCC7(C)C(C=C)=CCC7C5CC6)c(CC)cc4C3CCC12C. The van der Waals surface area contributed by atoms with Crippen molar-refractivity contribution in [2.75, 3.05) is 0 Å². The monoisotopic (exact) mass is 598 g/mol. The molecule has 6 aliphatic rings. The molecule has 0 saturated heterocycles. The van der Waals surface area contributed by atoms with Crippen molar-refractivity contribution < 1.29 is 4.74 Å². The third-order valence-corrected chi connectivity index (χ3v) is 14.5. The second-order valence-corrected chi connectivity index (χ2v) is 16.1. The fourth-order valence-electron chi connectivity index (χ4n) is 12.0. The lowest BCUT2D eigenvalue weighted by molar-refractivity contribution is 0.0774. The average molecular weight is 599 g/mol. The van der Waals surface area contributed by atoms with Crippen LogP contribution >= 0.6 is 0 Å². The molecule has 8 rings (SSSR count). The van der Waals surface area contributed by atoms with Gasteiger partial charge in [0.15, 0.2) is 0 Å². The normalized spacial score (nSPS) is 35.9. The Morgan fingerprint density at radius 1 is 0.689 bits per heavy atom. The first-order valence-electron chi connectivity index (χ1n) is 18.5. The molecular formula is C44H54O. The van der Waals surface area contributed by atoms with E-state index in [1.165, 1.54) is 86.5 Å². The van der Waals surface area contributed by atoms with Gasteiger partial charge in [-0.3, -0.25) is 0 Å². The quantitative estimate of drug-likeness (QED) is 0.321. The van der Waals surface area contributed by atoms with E-state index in [-0.39, 0.29) is 0 Å². The van der Waals surface area contributed by atoms with Crippen LogP contribution in [0.4, 0.5) is 0 Å². The molecule has 1 heteroatoms. The second kappa shape index (κ2) is 10.9. The van der Waals surface area contributed by atoms with Gasteiger partial charge < -0.3 is 4.74 Å². The van der Waals surface area contributed by atoms with Crippen LogP contribution in [0.2, 0.25) is 0 Å². The topological polar surface area (TPSA) is 9.23 Å². The Kier molecular flexibility index (Phi) is 7.16. The third-order valence-electron chi connectivity index (χ3n) is 14.5. The van der Waals surface area contributed by atoms with Crippen LogP contribution < -0.4 is 4.74 Å². The van der Waals surface area contributed by atoms with Gasteiger partial charge in [-0.05, 0) is 180 Å². The van der Waals surface area contributed by atoms with Crippen molar-refractivity contribution in [3.05, 3.63) is 106 Å². The zero-order chi connectivity index (χ0) is 31.1. The van der Waals surface area contributed by atoms with E-state index in [1.54, 1.807) is 22.3 Å². The smallest absolute Gasteiger partial charge is 0.130 e. The van der Waals surface area contributed by atoms with Crippen LogP contribution in [0.3, 0.4) is 0 Å². The molecule has 0 amide bonds. The van der Waals surface area contributed by atoms with E-state index in [0.29, 0.717) is 22.7 Å². The largest absolute Gasteiger partial charge is 0.457 e. The third kappa shape index (κ3) is 4.31. The molecule has 2 aromatic carbocycles. The van der Waals surface area contributed by atoms with Gasteiger partial charge in [-0.2, -0.15) is 0 Å². The Balaban J connectivity index is 1.07. The van der Waals surface area contributed by atoms with Crippen molar-refractivity contribution in [3.8, 4) is 11.5 Å². The fourth-order valence-corrected chi connectivity index (χ4v) is 12.0. The molecule has 0 bridgehead atoms. The second-order valence-electron chi connectivity index (χ2n) is 16.1. The van der Waals surface area contributed by atoms with Gasteiger partial charge in [0.05, 0.1) is 0 Å². The molecule has 2 aromatic rings. The van der Waals surface area contributed by atoms with Crippen molar-refractivity contribution >= 4 is 0 Å². The number of rotatable bonds is 6. The summed E-state index contributed by atoms with van der Waals surface area (Å²) in [5.74, 6) is 6.73. The summed E-state index contributed by atoms with van der Waals surface area (Å²) in [5.41, 5.74) is 12.9. The number of allylic oxidation sites excluding steroid dienone is 6. The summed E-state index contributed by atoms with van der Waals surface area (Å²) in [5, 5.41) is 0. The summed E-state index contributed by atoms with van der Waals surface area (Å²) in [6, 6.07) is 10.1. The molecule has 0 spiro atoms. The predicted molar refractivity (Wildman–Crippen MR) is 188 cm³/mol. The highest BCUT2D eigenvalue weighted by Crippen LogP contribution is 2.63. The first kappa shape index (κ1) is 29.6. The van der Waals surface area contributed by atoms with Crippen molar-refractivity contribution in [3.63, 3.8) is 0 Å². The number of aryl methyl sites for hydroxylation is 4. The average Bonchev–Trinajstić information content (AvgIpc) is 3.59. The molecule has 8 atom stereocenters. The minimum absolute atomic E-state index is 0.333. The van der Waals surface area contributed by atoms with E-state index in [2.05, 4.69) is 89.4 Å². The van der Waals surface area contributed by atoms with Crippen LogP contribution in [0.1, 0.15) is 124 Å². The molecule has 0 N–H and O–H groups in total. The minimum atomic E-state index is 0.333. The van der Waals surface area contributed by atoms with E-state index in [0.717, 1.165) is 48.0 Å². The zero-order valence-corrected chi connectivity index (χ0v) is 28.4. The van der Waals surface area contributed by atoms with Gasteiger partial charge >= 0.3 is 0 Å². The number of hydrogen-bond donors (Lipinski definition) is 0. The summed E-state index contributed by atoms with van der Waals surface area (Å²) in [6.45, 7) is 18.0. The molecule has 0 aliphatic heterocycles. The Morgan fingerprint density at radius 2 is 1.13 bits per heavy atom. The molecule has 8 unspecified atom stereocenters. The van der Waals surface area contributed by atoms with Crippen LogP contribution in [0.15, 0.2) is 72.9 Å². The van der Waals surface area contributed by atoms with Crippen LogP contribution in [0.5, 0.6) is 11.5 Å². The number of fused-ring (bicyclic) bond motifs is 10. The van der Waals surface area contributed by atoms with Gasteiger partial charge in [0.1, 0.15) is 11.5 Å². The summed E-state index contributed by atoms with van der Waals surface area (Å²) in [6.07, 6.45) is 24.0. The summed E-state index contributed by atoms with van der Waals surface area (Å²) in [4.78, 5) is 0. The molecule has 2 saturated carbocycles. The zero-order valence-electron chi connectivity index (χ0n) is 28.4. The van der Waals surface area contributed by atoms with Gasteiger partial charge in [0, 0.05) is 0 Å². The fraction of sp³-hybridized carbons (Fsp3) is 0.545. The lowest BCUT2D eigenvalue weighted by Crippen LogP contribution is -2.41. The van der Waals surface area contributed by atoms with E-state index in [9.17, 15) is 0 Å². The lowest BCUT2D eigenvalue weighted by atomic mass is 9.54. The Morgan fingerprint density at radius 3 is 1.53 bits per heavy atom. The first-order chi connectivity index (χ1) is 21.8. The Labute approximate surface area is 272 Å². The highest BCUT2D eigenvalue weighted by atomic mass is 16.5. The maximum Gasteiger partial charge on any atom is 0.130 e. The van der Waals surface area contributed by atoms with Crippen molar-refractivity contribution in [2.45, 2.75) is 117 Å². The van der Waals surface area contributed by atoms with Gasteiger partial charge in [-0.25, -0.2) is 0 Å². The molecule has 0 aromatic heterocycles. The molecule has 0 radical (unpaired) electrons. The van der Waals surface area contributed by atoms with E-state index in [1.807, 2.05) is 0 Å². The van der Waals surface area contributed by atoms with Crippen LogP contribution in [0, 0.1) is 34.5 Å². The molecule has 6 aliphatic carbocycles. The van der Waals surface area contributed by atoms with E-state index in [4.69, 9.17) is 4.74 Å². The van der Waals surface area contributed by atoms with Crippen LogP contribution in [0.25, 0.3) is 0 Å². The predicted octanol–water partition coefficient (Wildman–Crippen LogP) is 11.8. The molecule has 45 heavy (non-hydrogen) atoms. The Hall–Kier alpha value is -2.80. The highest BCUT2D eigenvalue weighted by molar-refractivity contribution is 5.52. The summed E-state index contributed by atoms with van der Waals surface area (Å²) in [7, 11) is 0. The molecule has 236 valence electrons. The molecular weight excluding hydrogens is 544 g/mol. The van der Waals surface area contributed by atoms with Gasteiger partial charge in [-0.1, -0.05) is 77.3 Å². The number of ether oxygens (including phenoxy) is 1. The highest BCUT2D eigenvalue weighted by Gasteiger charge is 2.52. The van der Waals surface area contributed by atoms with Crippen LogP contribution in [-0.4, -0.2) is 0 Å².